The number of carbonyl (C=O) groups excluding carboxylic acids is 1. The van der Waals surface area contributed by atoms with Gasteiger partial charge in [-0.05, 0) is 17.5 Å². The van der Waals surface area contributed by atoms with Crippen molar-refractivity contribution in [2.24, 2.45) is 5.11 Å². The number of esters is 1. The van der Waals surface area contributed by atoms with Crippen LogP contribution in [0.15, 0.2) is 35.4 Å². The van der Waals surface area contributed by atoms with Gasteiger partial charge in [0.25, 0.3) is 0 Å². The molecule has 0 aliphatic rings. The Morgan fingerprint density at radius 3 is 2.75 bits per heavy atom. The molecule has 0 amide bonds. The van der Waals surface area contributed by atoms with Crippen LogP contribution in [0.25, 0.3) is 10.4 Å². The Morgan fingerprint density at radius 2 is 2.19 bits per heavy atom. The van der Waals surface area contributed by atoms with Gasteiger partial charge in [-0.25, -0.2) is 0 Å². The Morgan fingerprint density at radius 1 is 1.50 bits per heavy atom. The lowest BCUT2D eigenvalue weighted by Crippen LogP contribution is -2.09. The summed E-state index contributed by atoms with van der Waals surface area (Å²) in [6, 6.07) is 9.40. The molecule has 0 saturated heterocycles. The summed E-state index contributed by atoms with van der Waals surface area (Å²) in [7, 11) is 0. The molecule has 0 heterocycles. The van der Waals surface area contributed by atoms with E-state index in [-0.39, 0.29) is 12.1 Å². The summed E-state index contributed by atoms with van der Waals surface area (Å²) in [5.41, 5.74) is 9.09. The molecule has 1 aromatic rings. The van der Waals surface area contributed by atoms with E-state index >= 15 is 0 Å². The lowest BCUT2D eigenvalue weighted by molar-refractivity contribution is -0.146. The fourth-order valence-electron chi connectivity index (χ4n) is 1.38. The van der Waals surface area contributed by atoms with E-state index in [9.17, 15) is 4.79 Å². The van der Waals surface area contributed by atoms with Crippen molar-refractivity contribution in [3.8, 4) is 0 Å². The summed E-state index contributed by atoms with van der Waals surface area (Å²) >= 11 is 0. The molecule has 0 N–H and O–H groups in total. The van der Waals surface area contributed by atoms with Gasteiger partial charge in [0.15, 0.2) is 0 Å². The van der Waals surface area contributed by atoms with Crippen molar-refractivity contribution in [1.82, 2.24) is 0 Å². The number of hydrogen-bond acceptors (Lipinski definition) is 3. The highest BCUT2D eigenvalue weighted by Gasteiger charge is 2.13. The molecule has 0 spiro atoms. The second-order valence-electron chi connectivity index (χ2n) is 3.25. The van der Waals surface area contributed by atoms with E-state index in [4.69, 9.17) is 10.3 Å². The summed E-state index contributed by atoms with van der Waals surface area (Å²) in [6.07, 6.45) is 0.150. The average Bonchev–Trinajstić information content (AvgIpc) is 2.29. The first-order valence-electron chi connectivity index (χ1n) is 4.97. The molecule has 1 atom stereocenters. The fraction of sp³-hybridized carbons (Fsp3) is 0.364. The van der Waals surface area contributed by atoms with Crippen molar-refractivity contribution in [2.75, 3.05) is 6.54 Å². The lowest BCUT2D eigenvalue weighted by atomic mass is 10.1. The maximum Gasteiger partial charge on any atom is 0.303 e. The summed E-state index contributed by atoms with van der Waals surface area (Å²) in [4.78, 5) is 13.6. The first-order valence-corrected chi connectivity index (χ1v) is 4.97. The number of carbonyl (C=O) groups is 1. The molecule has 0 unspecified atom stereocenters. The fourth-order valence-corrected chi connectivity index (χ4v) is 1.38. The molecule has 5 heteroatoms. The van der Waals surface area contributed by atoms with Crippen LogP contribution in [0.2, 0.25) is 0 Å². The molecule has 0 saturated carbocycles. The SMILES string of the molecule is CC(=O)O[C@H](CCN=[N+]=[N-])c1ccccc1. The first kappa shape index (κ1) is 12.1. The van der Waals surface area contributed by atoms with Crippen LogP contribution in [-0.4, -0.2) is 12.5 Å². The van der Waals surface area contributed by atoms with Crippen LogP contribution in [0.4, 0.5) is 0 Å². The van der Waals surface area contributed by atoms with E-state index < -0.39 is 0 Å². The zero-order valence-corrected chi connectivity index (χ0v) is 9.04. The second kappa shape index (κ2) is 6.48. The van der Waals surface area contributed by atoms with Crippen LogP contribution in [0.5, 0.6) is 0 Å². The Balaban J connectivity index is 2.70. The Bertz CT molecular complexity index is 385. The summed E-state index contributed by atoms with van der Waals surface area (Å²) in [6.45, 7) is 1.67. The zero-order chi connectivity index (χ0) is 11.8. The monoisotopic (exact) mass is 219 g/mol. The molecule has 1 rings (SSSR count). The number of ether oxygens (including phenoxy) is 1. The highest BCUT2D eigenvalue weighted by Crippen LogP contribution is 2.21. The number of hydrogen-bond donors (Lipinski definition) is 0. The van der Waals surface area contributed by atoms with Gasteiger partial charge in [0.05, 0.1) is 0 Å². The maximum absolute atomic E-state index is 10.9. The van der Waals surface area contributed by atoms with Crippen LogP contribution in [0.1, 0.15) is 25.0 Å². The molecule has 0 fully saturated rings. The molecular formula is C11H13N3O2. The van der Waals surface area contributed by atoms with Crippen LogP contribution in [0.3, 0.4) is 0 Å². The van der Waals surface area contributed by atoms with Crippen LogP contribution < -0.4 is 0 Å². The van der Waals surface area contributed by atoms with Crippen molar-refractivity contribution in [1.29, 1.82) is 0 Å². The summed E-state index contributed by atoms with van der Waals surface area (Å²) in [5.74, 6) is -0.338. The molecule has 0 bridgehead atoms. The maximum atomic E-state index is 10.9. The molecule has 0 aliphatic heterocycles. The molecule has 16 heavy (non-hydrogen) atoms. The zero-order valence-electron chi connectivity index (χ0n) is 9.04. The van der Waals surface area contributed by atoms with Crippen molar-refractivity contribution in [2.45, 2.75) is 19.4 Å². The highest BCUT2D eigenvalue weighted by atomic mass is 16.5. The highest BCUT2D eigenvalue weighted by molar-refractivity contribution is 5.66. The summed E-state index contributed by atoms with van der Waals surface area (Å²) in [5, 5.41) is 3.43. The minimum Gasteiger partial charge on any atom is -0.458 e. The standard InChI is InChI=1S/C11H13N3O2/c1-9(15)16-11(7-8-13-14-12)10-5-3-2-4-6-10/h2-6,11H,7-8H2,1H3/t11-/m1/s1. The van der Waals surface area contributed by atoms with Gasteiger partial charge in [-0.1, -0.05) is 35.4 Å². The topological polar surface area (TPSA) is 75.1 Å². The normalized spacial score (nSPS) is 11.3. The van der Waals surface area contributed by atoms with E-state index in [1.807, 2.05) is 30.3 Å². The Kier molecular flexibility index (Phi) is 4.89. The molecule has 1 aromatic carbocycles. The number of benzene rings is 1. The Labute approximate surface area is 93.7 Å². The predicted molar refractivity (Wildman–Crippen MR) is 59.6 cm³/mol. The van der Waals surface area contributed by atoms with Gasteiger partial charge in [-0.2, -0.15) is 0 Å². The van der Waals surface area contributed by atoms with Crippen molar-refractivity contribution in [3.63, 3.8) is 0 Å². The molecule has 0 radical (unpaired) electrons. The number of nitrogens with zero attached hydrogens (tertiary/aromatic N) is 3. The lowest BCUT2D eigenvalue weighted by Gasteiger charge is -2.16. The van der Waals surface area contributed by atoms with Crippen LogP contribution in [-0.2, 0) is 9.53 Å². The third kappa shape index (κ3) is 4.02. The third-order valence-corrected chi connectivity index (χ3v) is 2.03. The van der Waals surface area contributed by atoms with Gasteiger partial charge in [0.2, 0.25) is 0 Å². The van der Waals surface area contributed by atoms with Gasteiger partial charge in [0, 0.05) is 18.4 Å². The minimum absolute atomic E-state index is 0.309. The van der Waals surface area contributed by atoms with E-state index in [1.165, 1.54) is 6.92 Å². The molecule has 5 nitrogen and oxygen atoms in total. The molecular weight excluding hydrogens is 206 g/mol. The first-order chi connectivity index (χ1) is 7.74. The van der Waals surface area contributed by atoms with Crippen molar-refractivity contribution in [3.05, 3.63) is 46.3 Å². The van der Waals surface area contributed by atoms with Crippen molar-refractivity contribution >= 4 is 5.97 Å². The molecule has 84 valence electrons. The van der Waals surface area contributed by atoms with E-state index in [2.05, 4.69) is 10.0 Å². The molecule has 0 aliphatic carbocycles. The third-order valence-electron chi connectivity index (χ3n) is 2.03. The Hall–Kier alpha value is -2.00. The van der Waals surface area contributed by atoms with Gasteiger partial charge in [-0.15, -0.1) is 0 Å². The smallest absolute Gasteiger partial charge is 0.303 e. The van der Waals surface area contributed by atoms with Crippen molar-refractivity contribution < 1.29 is 9.53 Å². The average molecular weight is 219 g/mol. The van der Waals surface area contributed by atoms with E-state index in [0.29, 0.717) is 13.0 Å². The van der Waals surface area contributed by atoms with E-state index in [1.54, 1.807) is 0 Å². The van der Waals surface area contributed by atoms with Crippen LogP contribution in [0, 0.1) is 0 Å². The van der Waals surface area contributed by atoms with Gasteiger partial charge >= 0.3 is 5.97 Å². The van der Waals surface area contributed by atoms with E-state index in [0.717, 1.165) is 5.56 Å². The largest absolute Gasteiger partial charge is 0.458 e. The molecule has 0 aromatic heterocycles. The number of azide groups is 1. The number of rotatable bonds is 5. The second-order valence-corrected chi connectivity index (χ2v) is 3.25. The van der Waals surface area contributed by atoms with Crippen LogP contribution >= 0.6 is 0 Å². The van der Waals surface area contributed by atoms with Gasteiger partial charge in [0.1, 0.15) is 6.10 Å². The van der Waals surface area contributed by atoms with Gasteiger partial charge < -0.3 is 4.74 Å². The minimum atomic E-state index is -0.343. The van der Waals surface area contributed by atoms with Gasteiger partial charge in [-0.3, -0.25) is 4.79 Å². The quantitative estimate of drug-likeness (QED) is 0.330. The summed E-state index contributed by atoms with van der Waals surface area (Å²) < 4.78 is 5.16. The predicted octanol–water partition coefficient (Wildman–Crippen LogP) is 2.99.